The van der Waals surface area contributed by atoms with E-state index in [1.807, 2.05) is 18.2 Å². The molecule has 24 heavy (non-hydrogen) atoms. The van der Waals surface area contributed by atoms with Crippen molar-refractivity contribution in [3.8, 4) is 10.6 Å². The number of hydrogen-bond donors (Lipinski definition) is 3. The molecule has 130 valence electrons. The SMILES string of the molecule is CC1(C)CC(Nc2nccc(-c3ccc(CO)s3)n2)CC(C)(C)N1. The molecule has 1 aliphatic rings. The lowest BCUT2D eigenvalue weighted by atomic mass is 9.80. The number of aromatic nitrogens is 2. The molecule has 3 heterocycles. The number of hydrogen-bond acceptors (Lipinski definition) is 6. The standard InChI is InChI=1S/C18H26N4OS/c1-17(2)9-12(10-18(3,4)22-17)20-16-19-8-7-14(21-16)15-6-5-13(11-23)24-15/h5-8,12,22-23H,9-11H2,1-4H3,(H,19,20,21). The Morgan fingerprint density at radius 3 is 2.54 bits per heavy atom. The van der Waals surface area contributed by atoms with Crippen molar-refractivity contribution in [1.29, 1.82) is 0 Å². The van der Waals surface area contributed by atoms with Gasteiger partial charge < -0.3 is 15.7 Å². The smallest absolute Gasteiger partial charge is 0.223 e. The topological polar surface area (TPSA) is 70.1 Å². The van der Waals surface area contributed by atoms with Crippen molar-refractivity contribution in [1.82, 2.24) is 15.3 Å². The minimum atomic E-state index is 0.0695. The summed E-state index contributed by atoms with van der Waals surface area (Å²) in [6.07, 6.45) is 3.84. The van der Waals surface area contributed by atoms with Crippen LogP contribution in [0.3, 0.4) is 0 Å². The molecule has 0 bridgehead atoms. The molecule has 0 saturated carbocycles. The molecule has 0 unspecified atom stereocenters. The van der Waals surface area contributed by atoms with Crippen LogP contribution in [0, 0.1) is 0 Å². The fraction of sp³-hybridized carbons (Fsp3) is 0.556. The lowest BCUT2D eigenvalue weighted by molar-refractivity contribution is 0.170. The summed E-state index contributed by atoms with van der Waals surface area (Å²) in [5.41, 5.74) is 1.06. The number of piperidine rings is 1. The fourth-order valence-electron chi connectivity index (χ4n) is 3.77. The molecule has 0 radical (unpaired) electrons. The van der Waals surface area contributed by atoms with E-state index in [1.54, 1.807) is 17.5 Å². The van der Waals surface area contributed by atoms with Gasteiger partial charge in [0.2, 0.25) is 5.95 Å². The molecule has 3 rings (SSSR count). The monoisotopic (exact) mass is 346 g/mol. The van der Waals surface area contributed by atoms with Gasteiger partial charge in [0.25, 0.3) is 0 Å². The molecule has 0 aromatic carbocycles. The van der Waals surface area contributed by atoms with Crippen molar-refractivity contribution < 1.29 is 5.11 Å². The quantitative estimate of drug-likeness (QED) is 0.791. The van der Waals surface area contributed by atoms with Crippen LogP contribution < -0.4 is 10.6 Å². The first-order chi connectivity index (χ1) is 11.3. The lowest BCUT2D eigenvalue weighted by Crippen LogP contribution is -2.60. The van der Waals surface area contributed by atoms with E-state index in [1.165, 1.54) is 0 Å². The summed E-state index contributed by atoms with van der Waals surface area (Å²) in [4.78, 5) is 11.1. The Kier molecular flexibility index (Phi) is 4.64. The summed E-state index contributed by atoms with van der Waals surface area (Å²) in [5.74, 6) is 0.671. The average Bonchev–Trinajstić information content (AvgIpc) is 2.93. The molecule has 0 aliphatic carbocycles. The molecule has 0 amide bonds. The van der Waals surface area contributed by atoms with E-state index in [9.17, 15) is 5.11 Å². The lowest BCUT2D eigenvalue weighted by Gasteiger charge is -2.46. The van der Waals surface area contributed by atoms with E-state index in [4.69, 9.17) is 0 Å². The van der Waals surface area contributed by atoms with Crippen molar-refractivity contribution in [3.05, 3.63) is 29.3 Å². The second-order valence-corrected chi connectivity index (χ2v) is 9.00. The van der Waals surface area contributed by atoms with Crippen molar-refractivity contribution >= 4 is 17.3 Å². The van der Waals surface area contributed by atoms with Gasteiger partial charge in [0.05, 0.1) is 17.2 Å². The number of nitrogens with zero attached hydrogens (tertiary/aromatic N) is 2. The number of thiophene rings is 1. The number of anilines is 1. The van der Waals surface area contributed by atoms with Gasteiger partial charge in [-0.1, -0.05) is 0 Å². The highest BCUT2D eigenvalue weighted by molar-refractivity contribution is 7.15. The second-order valence-electron chi connectivity index (χ2n) is 7.83. The van der Waals surface area contributed by atoms with Crippen LogP contribution in [0.4, 0.5) is 5.95 Å². The van der Waals surface area contributed by atoms with Crippen LogP contribution >= 0.6 is 11.3 Å². The second kappa shape index (κ2) is 6.43. The summed E-state index contributed by atoms with van der Waals surface area (Å²) in [7, 11) is 0. The average molecular weight is 347 g/mol. The largest absolute Gasteiger partial charge is 0.391 e. The summed E-state index contributed by atoms with van der Waals surface area (Å²) in [6, 6.07) is 6.18. The zero-order chi connectivity index (χ0) is 17.4. The summed E-state index contributed by atoms with van der Waals surface area (Å²) >= 11 is 1.56. The Balaban J connectivity index is 1.77. The van der Waals surface area contributed by atoms with Crippen LogP contribution in [0.15, 0.2) is 24.4 Å². The third-order valence-corrected chi connectivity index (χ3v) is 5.34. The zero-order valence-corrected chi connectivity index (χ0v) is 15.6. The third kappa shape index (κ3) is 4.12. The Hall–Kier alpha value is -1.50. The Labute approximate surface area is 147 Å². The molecule has 2 aromatic heterocycles. The maximum absolute atomic E-state index is 9.23. The number of nitrogens with one attached hydrogen (secondary N) is 2. The molecule has 0 atom stereocenters. The highest BCUT2D eigenvalue weighted by Crippen LogP contribution is 2.31. The Bertz CT molecular complexity index is 695. The molecular weight excluding hydrogens is 320 g/mol. The minimum Gasteiger partial charge on any atom is -0.391 e. The van der Waals surface area contributed by atoms with Gasteiger partial charge in [-0.25, -0.2) is 9.97 Å². The highest BCUT2D eigenvalue weighted by Gasteiger charge is 2.37. The number of aliphatic hydroxyl groups is 1. The fourth-order valence-corrected chi connectivity index (χ4v) is 4.61. The molecule has 1 saturated heterocycles. The van der Waals surface area contributed by atoms with E-state index < -0.39 is 0 Å². The van der Waals surface area contributed by atoms with E-state index in [0.717, 1.165) is 28.3 Å². The van der Waals surface area contributed by atoms with Gasteiger partial charge in [0, 0.05) is 28.2 Å². The molecule has 6 heteroatoms. The normalized spacial score (nSPS) is 20.0. The predicted octanol–water partition coefficient (Wildman–Crippen LogP) is 3.42. The number of aliphatic hydroxyl groups excluding tert-OH is 1. The maximum Gasteiger partial charge on any atom is 0.223 e. The third-order valence-electron chi connectivity index (χ3n) is 4.25. The first-order valence-electron chi connectivity index (χ1n) is 8.35. The van der Waals surface area contributed by atoms with E-state index in [2.05, 4.69) is 48.3 Å². The maximum atomic E-state index is 9.23. The van der Waals surface area contributed by atoms with Crippen LogP contribution in [0.1, 0.15) is 45.4 Å². The molecule has 0 spiro atoms. The van der Waals surface area contributed by atoms with Gasteiger partial charge in [-0.15, -0.1) is 11.3 Å². The van der Waals surface area contributed by atoms with Crippen LogP contribution in [-0.2, 0) is 6.61 Å². The molecule has 5 nitrogen and oxygen atoms in total. The molecule has 1 aliphatic heterocycles. The molecule has 3 N–H and O–H groups in total. The van der Waals surface area contributed by atoms with Crippen molar-refractivity contribution in [2.45, 2.75) is 64.3 Å². The first kappa shape index (κ1) is 17.3. The van der Waals surface area contributed by atoms with E-state index in [-0.39, 0.29) is 17.7 Å². The summed E-state index contributed by atoms with van der Waals surface area (Å²) < 4.78 is 0. The highest BCUT2D eigenvalue weighted by atomic mass is 32.1. The Morgan fingerprint density at radius 1 is 1.21 bits per heavy atom. The predicted molar refractivity (Wildman–Crippen MR) is 99.2 cm³/mol. The first-order valence-corrected chi connectivity index (χ1v) is 9.17. The van der Waals surface area contributed by atoms with Crippen molar-refractivity contribution in [3.63, 3.8) is 0 Å². The van der Waals surface area contributed by atoms with Crippen LogP contribution in [-0.4, -0.2) is 32.2 Å². The minimum absolute atomic E-state index is 0.0695. The van der Waals surface area contributed by atoms with E-state index in [0.29, 0.717) is 12.0 Å². The molecule has 2 aromatic rings. The van der Waals surface area contributed by atoms with Gasteiger partial charge >= 0.3 is 0 Å². The Morgan fingerprint density at radius 2 is 1.92 bits per heavy atom. The van der Waals surface area contributed by atoms with Crippen LogP contribution in [0.25, 0.3) is 10.6 Å². The van der Waals surface area contributed by atoms with Gasteiger partial charge in [0.1, 0.15) is 0 Å². The van der Waals surface area contributed by atoms with Gasteiger partial charge in [-0.3, -0.25) is 0 Å². The van der Waals surface area contributed by atoms with Crippen LogP contribution in [0.2, 0.25) is 0 Å². The molecular formula is C18H26N4OS. The van der Waals surface area contributed by atoms with Crippen molar-refractivity contribution in [2.24, 2.45) is 0 Å². The summed E-state index contributed by atoms with van der Waals surface area (Å²) in [5, 5.41) is 16.4. The van der Waals surface area contributed by atoms with E-state index >= 15 is 0 Å². The van der Waals surface area contributed by atoms with Gasteiger partial charge in [-0.05, 0) is 58.7 Å². The van der Waals surface area contributed by atoms with Crippen molar-refractivity contribution in [2.75, 3.05) is 5.32 Å². The van der Waals surface area contributed by atoms with Gasteiger partial charge in [0.15, 0.2) is 0 Å². The van der Waals surface area contributed by atoms with Crippen LogP contribution in [0.5, 0.6) is 0 Å². The summed E-state index contributed by atoms with van der Waals surface area (Å²) in [6.45, 7) is 9.02. The molecule has 1 fully saturated rings. The van der Waals surface area contributed by atoms with Gasteiger partial charge in [-0.2, -0.15) is 0 Å². The number of rotatable bonds is 4. The zero-order valence-electron chi connectivity index (χ0n) is 14.8.